The van der Waals surface area contributed by atoms with Crippen molar-refractivity contribution in [1.29, 1.82) is 0 Å². The van der Waals surface area contributed by atoms with Gasteiger partial charge in [-0.15, -0.1) is 0 Å². The predicted octanol–water partition coefficient (Wildman–Crippen LogP) is 1.59. The first-order chi connectivity index (χ1) is 11.9. The largest absolute Gasteiger partial charge is 0.493 e. The third-order valence-electron chi connectivity index (χ3n) is 4.31. The Balaban J connectivity index is 2.02. The molecule has 1 aliphatic heterocycles. The number of rotatable bonds is 7. The molecule has 1 aliphatic rings. The Morgan fingerprint density at radius 2 is 1.72 bits per heavy atom. The summed E-state index contributed by atoms with van der Waals surface area (Å²) in [5, 5.41) is 0. The molecule has 0 saturated carbocycles. The first-order valence-corrected chi connectivity index (χ1v) is 10.0. The second-order valence-electron chi connectivity index (χ2n) is 5.93. The molecule has 8 heteroatoms. The third kappa shape index (κ3) is 4.64. The molecule has 0 atom stereocenters. The normalized spacial score (nSPS) is 15.9. The van der Waals surface area contributed by atoms with Crippen molar-refractivity contribution in [2.24, 2.45) is 0 Å². The summed E-state index contributed by atoms with van der Waals surface area (Å²) < 4.78 is 36.4. The second kappa shape index (κ2) is 8.53. The van der Waals surface area contributed by atoms with Gasteiger partial charge in [-0.3, -0.25) is 4.79 Å². The summed E-state index contributed by atoms with van der Waals surface area (Å²) in [4.78, 5) is 14.3. The minimum Gasteiger partial charge on any atom is -0.493 e. The second-order valence-corrected chi connectivity index (χ2v) is 8.02. The van der Waals surface area contributed by atoms with Crippen molar-refractivity contribution in [3.8, 4) is 11.5 Å². The predicted molar refractivity (Wildman–Crippen MR) is 95.7 cm³/mol. The van der Waals surface area contributed by atoms with Crippen LogP contribution < -0.4 is 9.47 Å². The molecule has 2 rings (SSSR count). The fourth-order valence-electron chi connectivity index (χ4n) is 2.78. The molecular weight excluding hydrogens is 344 g/mol. The molecule has 0 spiro atoms. The van der Waals surface area contributed by atoms with Gasteiger partial charge in [0.1, 0.15) is 0 Å². The van der Waals surface area contributed by atoms with Crippen molar-refractivity contribution in [3.05, 3.63) is 23.8 Å². The van der Waals surface area contributed by atoms with Crippen LogP contribution in [0.5, 0.6) is 11.5 Å². The Labute approximate surface area is 149 Å². The molecule has 0 aromatic heterocycles. The average molecular weight is 370 g/mol. The number of nitrogens with zero attached hydrogens (tertiary/aromatic N) is 2. The van der Waals surface area contributed by atoms with Crippen LogP contribution in [-0.2, 0) is 10.0 Å². The fraction of sp³-hybridized carbons (Fsp3) is 0.588. The van der Waals surface area contributed by atoms with E-state index in [2.05, 4.69) is 0 Å². The molecule has 1 amide bonds. The first kappa shape index (κ1) is 19.5. The van der Waals surface area contributed by atoms with Gasteiger partial charge in [0, 0.05) is 31.7 Å². The number of unbranched alkanes of at least 4 members (excludes halogenated alkanes) is 1. The average Bonchev–Trinajstić information content (AvgIpc) is 2.65. The van der Waals surface area contributed by atoms with Gasteiger partial charge in [-0.05, 0) is 24.6 Å². The van der Waals surface area contributed by atoms with E-state index in [1.54, 1.807) is 23.1 Å². The first-order valence-electron chi connectivity index (χ1n) is 8.42. The number of methoxy groups -OCH3 is 2. The minimum absolute atomic E-state index is 0.133. The van der Waals surface area contributed by atoms with Crippen LogP contribution in [0.1, 0.15) is 30.1 Å². The molecule has 25 heavy (non-hydrogen) atoms. The summed E-state index contributed by atoms with van der Waals surface area (Å²) in [5.74, 6) is 1.10. The zero-order valence-electron chi connectivity index (χ0n) is 15.0. The SMILES string of the molecule is CCCCS(=O)(=O)N1CCN(C(=O)c2ccc(OC)c(OC)c2)CC1. The summed E-state index contributed by atoms with van der Waals surface area (Å²) >= 11 is 0. The molecule has 1 aromatic rings. The van der Waals surface area contributed by atoms with Crippen molar-refractivity contribution < 1.29 is 22.7 Å². The van der Waals surface area contributed by atoms with E-state index < -0.39 is 10.0 Å². The van der Waals surface area contributed by atoms with Crippen LogP contribution in [0.3, 0.4) is 0 Å². The van der Waals surface area contributed by atoms with E-state index in [1.807, 2.05) is 6.92 Å². The van der Waals surface area contributed by atoms with Gasteiger partial charge in [0.25, 0.3) is 5.91 Å². The number of carbonyl (C=O) groups excluding carboxylic acids is 1. The molecule has 1 saturated heterocycles. The maximum absolute atomic E-state index is 12.7. The minimum atomic E-state index is -3.22. The topological polar surface area (TPSA) is 76.2 Å². The number of piperazine rings is 1. The van der Waals surface area contributed by atoms with E-state index >= 15 is 0 Å². The molecule has 0 N–H and O–H groups in total. The maximum Gasteiger partial charge on any atom is 0.254 e. The number of hydrogen-bond acceptors (Lipinski definition) is 5. The van der Waals surface area contributed by atoms with Crippen molar-refractivity contribution in [1.82, 2.24) is 9.21 Å². The van der Waals surface area contributed by atoms with Gasteiger partial charge in [-0.1, -0.05) is 13.3 Å². The van der Waals surface area contributed by atoms with Gasteiger partial charge < -0.3 is 14.4 Å². The lowest BCUT2D eigenvalue weighted by Gasteiger charge is -2.34. The quantitative estimate of drug-likeness (QED) is 0.729. The molecule has 0 bridgehead atoms. The van der Waals surface area contributed by atoms with E-state index in [9.17, 15) is 13.2 Å². The van der Waals surface area contributed by atoms with E-state index in [0.29, 0.717) is 49.7 Å². The standard InChI is InChI=1S/C17H26N2O5S/c1-4-5-12-25(21,22)19-10-8-18(9-11-19)17(20)14-6-7-15(23-2)16(13-14)24-3/h6-7,13H,4-5,8-12H2,1-3H3. The number of benzene rings is 1. The lowest BCUT2D eigenvalue weighted by molar-refractivity contribution is 0.0697. The van der Waals surface area contributed by atoms with Crippen LogP contribution in [0.4, 0.5) is 0 Å². The molecule has 140 valence electrons. The smallest absolute Gasteiger partial charge is 0.254 e. The van der Waals surface area contributed by atoms with Crippen LogP contribution in [0.2, 0.25) is 0 Å². The van der Waals surface area contributed by atoms with Crippen molar-refractivity contribution in [2.45, 2.75) is 19.8 Å². The van der Waals surface area contributed by atoms with Crippen LogP contribution in [0.25, 0.3) is 0 Å². The van der Waals surface area contributed by atoms with E-state index in [1.165, 1.54) is 18.5 Å². The Bertz CT molecular complexity index is 697. The molecule has 7 nitrogen and oxygen atoms in total. The fourth-order valence-corrected chi connectivity index (χ4v) is 4.41. The number of ether oxygens (including phenoxy) is 2. The lowest BCUT2D eigenvalue weighted by atomic mass is 10.1. The van der Waals surface area contributed by atoms with Crippen molar-refractivity contribution >= 4 is 15.9 Å². The summed E-state index contributed by atoms with van der Waals surface area (Å²) in [7, 11) is -0.161. The van der Waals surface area contributed by atoms with Crippen LogP contribution in [0, 0.1) is 0 Å². The monoisotopic (exact) mass is 370 g/mol. The molecule has 0 radical (unpaired) electrons. The summed E-state index contributed by atoms with van der Waals surface area (Å²) in [6, 6.07) is 5.02. The Morgan fingerprint density at radius 1 is 1.08 bits per heavy atom. The van der Waals surface area contributed by atoms with Gasteiger partial charge in [0.2, 0.25) is 10.0 Å². The summed E-state index contributed by atoms with van der Waals surface area (Å²) in [6.07, 6.45) is 1.50. The van der Waals surface area contributed by atoms with E-state index in [-0.39, 0.29) is 11.7 Å². The highest BCUT2D eigenvalue weighted by molar-refractivity contribution is 7.89. The van der Waals surface area contributed by atoms with Gasteiger partial charge >= 0.3 is 0 Å². The van der Waals surface area contributed by atoms with E-state index in [0.717, 1.165) is 6.42 Å². The van der Waals surface area contributed by atoms with Crippen molar-refractivity contribution in [3.63, 3.8) is 0 Å². The Kier molecular flexibility index (Phi) is 6.66. The summed E-state index contributed by atoms with van der Waals surface area (Å²) in [5.41, 5.74) is 0.500. The number of sulfonamides is 1. The number of carbonyl (C=O) groups is 1. The van der Waals surface area contributed by atoms with Crippen molar-refractivity contribution in [2.75, 3.05) is 46.2 Å². The zero-order chi connectivity index (χ0) is 18.4. The van der Waals surface area contributed by atoms with Gasteiger partial charge in [-0.25, -0.2) is 8.42 Å². The molecule has 0 aliphatic carbocycles. The molecule has 0 unspecified atom stereocenters. The van der Waals surface area contributed by atoms with Gasteiger partial charge in [0.05, 0.1) is 20.0 Å². The molecular formula is C17H26N2O5S. The van der Waals surface area contributed by atoms with Crippen LogP contribution >= 0.6 is 0 Å². The van der Waals surface area contributed by atoms with Gasteiger partial charge in [0.15, 0.2) is 11.5 Å². The Hall–Kier alpha value is -1.80. The molecule has 1 aromatic carbocycles. The Morgan fingerprint density at radius 3 is 2.28 bits per heavy atom. The highest BCUT2D eigenvalue weighted by Crippen LogP contribution is 2.28. The van der Waals surface area contributed by atoms with Crippen LogP contribution in [0.15, 0.2) is 18.2 Å². The highest BCUT2D eigenvalue weighted by atomic mass is 32.2. The van der Waals surface area contributed by atoms with Crippen LogP contribution in [-0.4, -0.2) is 69.7 Å². The third-order valence-corrected chi connectivity index (χ3v) is 6.26. The number of amides is 1. The lowest BCUT2D eigenvalue weighted by Crippen LogP contribution is -2.51. The zero-order valence-corrected chi connectivity index (χ0v) is 15.8. The van der Waals surface area contributed by atoms with E-state index in [4.69, 9.17) is 9.47 Å². The highest BCUT2D eigenvalue weighted by Gasteiger charge is 2.29. The van der Waals surface area contributed by atoms with Gasteiger partial charge in [-0.2, -0.15) is 4.31 Å². The summed E-state index contributed by atoms with van der Waals surface area (Å²) in [6.45, 7) is 3.42. The molecule has 1 fully saturated rings. The molecule has 1 heterocycles. The maximum atomic E-state index is 12.7. The number of hydrogen-bond donors (Lipinski definition) is 0.